The van der Waals surface area contributed by atoms with Crippen LogP contribution in [0.1, 0.15) is 12.5 Å². The SMILES string of the molecule is CNc1cc(C)ccc1NC(C)=O. The topological polar surface area (TPSA) is 41.1 Å². The third kappa shape index (κ3) is 2.47. The van der Waals surface area contributed by atoms with Gasteiger partial charge in [-0.25, -0.2) is 0 Å². The number of anilines is 2. The Hall–Kier alpha value is -1.51. The second-order valence-electron chi connectivity index (χ2n) is 2.98. The third-order valence-electron chi connectivity index (χ3n) is 1.76. The van der Waals surface area contributed by atoms with E-state index in [-0.39, 0.29) is 5.91 Å². The monoisotopic (exact) mass is 178 g/mol. The molecule has 0 radical (unpaired) electrons. The fraction of sp³-hybridized carbons (Fsp3) is 0.300. The molecule has 0 aliphatic rings. The normalized spacial score (nSPS) is 9.46. The van der Waals surface area contributed by atoms with E-state index in [1.54, 1.807) is 0 Å². The smallest absolute Gasteiger partial charge is 0.221 e. The molecule has 2 N–H and O–H groups in total. The van der Waals surface area contributed by atoms with Crippen LogP contribution in [0.25, 0.3) is 0 Å². The van der Waals surface area contributed by atoms with Gasteiger partial charge in [-0.05, 0) is 24.6 Å². The van der Waals surface area contributed by atoms with Gasteiger partial charge in [0, 0.05) is 14.0 Å². The number of hydrogen-bond acceptors (Lipinski definition) is 2. The highest BCUT2D eigenvalue weighted by Crippen LogP contribution is 2.22. The number of aryl methyl sites for hydroxylation is 1. The molecule has 0 saturated carbocycles. The summed E-state index contributed by atoms with van der Waals surface area (Å²) in [5.74, 6) is -0.0552. The minimum atomic E-state index is -0.0552. The van der Waals surface area contributed by atoms with Crippen molar-refractivity contribution < 1.29 is 4.79 Å². The van der Waals surface area contributed by atoms with E-state index in [0.29, 0.717) is 0 Å². The fourth-order valence-corrected chi connectivity index (χ4v) is 1.16. The van der Waals surface area contributed by atoms with E-state index in [9.17, 15) is 4.79 Å². The van der Waals surface area contributed by atoms with Gasteiger partial charge in [-0.15, -0.1) is 0 Å². The summed E-state index contributed by atoms with van der Waals surface area (Å²) in [5.41, 5.74) is 2.93. The van der Waals surface area contributed by atoms with Crippen molar-refractivity contribution in [3.8, 4) is 0 Å². The van der Waals surface area contributed by atoms with Crippen molar-refractivity contribution >= 4 is 17.3 Å². The van der Waals surface area contributed by atoms with Gasteiger partial charge < -0.3 is 10.6 Å². The summed E-state index contributed by atoms with van der Waals surface area (Å²) in [6.07, 6.45) is 0. The maximum atomic E-state index is 10.8. The lowest BCUT2D eigenvalue weighted by Gasteiger charge is -2.09. The lowest BCUT2D eigenvalue weighted by Crippen LogP contribution is -2.08. The summed E-state index contributed by atoms with van der Waals surface area (Å²) in [5, 5.41) is 5.78. The van der Waals surface area contributed by atoms with Gasteiger partial charge in [0.15, 0.2) is 0 Å². The number of nitrogens with one attached hydrogen (secondary N) is 2. The van der Waals surface area contributed by atoms with Crippen LogP contribution >= 0.6 is 0 Å². The molecule has 0 bridgehead atoms. The summed E-state index contributed by atoms with van der Waals surface area (Å²) < 4.78 is 0. The van der Waals surface area contributed by atoms with Crippen molar-refractivity contribution in [3.63, 3.8) is 0 Å². The maximum Gasteiger partial charge on any atom is 0.221 e. The van der Waals surface area contributed by atoms with Crippen LogP contribution in [0, 0.1) is 6.92 Å². The molecule has 70 valence electrons. The Labute approximate surface area is 78.2 Å². The predicted octanol–water partition coefficient (Wildman–Crippen LogP) is 2.00. The Bertz CT molecular complexity index is 321. The van der Waals surface area contributed by atoms with Crippen molar-refractivity contribution in [2.75, 3.05) is 17.7 Å². The first kappa shape index (κ1) is 9.58. The van der Waals surface area contributed by atoms with E-state index < -0.39 is 0 Å². The number of hydrogen-bond donors (Lipinski definition) is 2. The molecule has 0 unspecified atom stereocenters. The van der Waals surface area contributed by atoms with E-state index in [1.807, 2.05) is 32.2 Å². The number of rotatable bonds is 2. The molecule has 1 amide bonds. The van der Waals surface area contributed by atoms with Crippen LogP contribution in [0.4, 0.5) is 11.4 Å². The van der Waals surface area contributed by atoms with Gasteiger partial charge >= 0.3 is 0 Å². The molecule has 0 fully saturated rings. The molecular weight excluding hydrogens is 164 g/mol. The highest BCUT2D eigenvalue weighted by atomic mass is 16.1. The zero-order valence-corrected chi connectivity index (χ0v) is 8.14. The highest BCUT2D eigenvalue weighted by Gasteiger charge is 2.01. The van der Waals surface area contributed by atoms with Crippen LogP contribution in [-0.4, -0.2) is 13.0 Å². The molecule has 1 aromatic rings. The van der Waals surface area contributed by atoms with Crippen molar-refractivity contribution in [3.05, 3.63) is 23.8 Å². The first-order valence-electron chi connectivity index (χ1n) is 4.19. The Balaban J connectivity index is 2.99. The first-order valence-corrected chi connectivity index (χ1v) is 4.19. The van der Waals surface area contributed by atoms with Gasteiger partial charge in [0.2, 0.25) is 5.91 Å². The van der Waals surface area contributed by atoms with Crippen molar-refractivity contribution in [1.29, 1.82) is 0 Å². The van der Waals surface area contributed by atoms with Crippen molar-refractivity contribution in [2.45, 2.75) is 13.8 Å². The van der Waals surface area contributed by atoms with E-state index in [1.165, 1.54) is 12.5 Å². The molecule has 0 atom stereocenters. The summed E-state index contributed by atoms with van der Waals surface area (Å²) in [4.78, 5) is 10.8. The first-order chi connectivity index (χ1) is 6.13. The molecule has 0 aromatic heterocycles. The van der Waals surface area contributed by atoms with Crippen LogP contribution in [0.15, 0.2) is 18.2 Å². The molecule has 1 rings (SSSR count). The second-order valence-corrected chi connectivity index (χ2v) is 2.98. The van der Waals surface area contributed by atoms with Gasteiger partial charge in [0.1, 0.15) is 0 Å². The van der Waals surface area contributed by atoms with E-state index in [4.69, 9.17) is 0 Å². The number of carbonyl (C=O) groups excluding carboxylic acids is 1. The lowest BCUT2D eigenvalue weighted by atomic mass is 10.2. The van der Waals surface area contributed by atoms with Crippen LogP contribution in [0.2, 0.25) is 0 Å². The number of amides is 1. The maximum absolute atomic E-state index is 10.8. The Kier molecular flexibility index (Phi) is 2.90. The quantitative estimate of drug-likeness (QED) is 0.727. The van der Waals surface area contributed by atoms with E-state index >= 15 is 0 Å². The predicted molar refractivity (Wildman–Crippen MR) is 55.0 cm³/mol. The number of carbonyl (C=O) groups is 1. The molecule has 0 aliphatic carbocycles. The fourth-order valence-electron chi connectivity index (χ4n) is 1.16. The molecule has 3 nitrogen and oxygen atoms in total. The van der Waals surface area contributed by atoms with Gasteiger partial charge in [-0.1, -0.05) is 6.07 Å². The molecule has 13 heavy (non-hydrogen) atoms. The molecule has 0 saturated heterocycles. The summed E-state index contributed by atoms with van der Waals surface area (Å²) in [6.45, 7) is 3.51. The van der Waals surface area contributed by atoms with Gasteiger partial charge in [0.05, 0.1) is 11.4 Å². The average Bonchev–Trinajstić information content (AvgIpc) is 2.07. The molecule has 3 heteroatoms. The number of benzene rings is 1. The third-order valence-corrected chi connectivity index (χ3v) is 1.76. The summed E-state index contributed by atoms with van der Waals surface area (Å²) in [7, 11) is 1.83. The minimum Gasteiger partial charge on any atom is -0.386 e. The van der Waals surface area contributed by atoms with Crippen LogP contribution < -0.4 is 10.6 Å². The largest absolute Gasteiger partial charge is 0.386 e. The molecule has 0 aliphatic heterocycles. The van der Waals surface area contributed by atoms with E-state index in [0.717, 1.165) is 11.4 Å². The average molecular weight is 178 g/mol. The Morgan fingerprint density at radius 3 is 2.54 bits per heavy atom. The van der Waals surface area contributed by atoms with Gasteiger partial charge in [-0.2, -0.15) is 0 Å². The molecule has 0 spiro atoms. The van der Waals surface area contributed by atoms with Crippen molar-refractivity contribution in [1.82, 2.24) is 0 Å². The minimum absolute atomic E-state index is 0.0552. The van der Waals surface area contributed by atoms with Crippen LogP contribution in [0.3, 0.4) is 0 Å². The molecular formula is C10H14N2O. The van der Waals surface area contributed by atoms with Gasteiger partial charge in [0.25, 0.3) is 0 Å². The lowest BCUT2D eigenvalue weighted by molar-refractivity contribution is -0.114. The Morgan fingerprint density at radius 2 is 2.00 bits per heavy atom. The van der Waals surface area contributed by atoms with E-state index in [2.05, 4.69) is 10.6 Å². The summed E-state index contributed by atoms with van der Waals surface area (Å²) in [6, 6.07) is 5.85. The van der Waals surface area contributed by atoms with Crippen LogP contribution in [0.5, 0.6) is 0 Å². The zero-order chi connectivity index (χ0) is 9.84. The molecule has 0 heterocycles. The summed E-state index contributed by atoms with van der Waals surface area (Å²) >= 11 is 0. The molecule has 1 aromatic carbocycles. The highest BCUT2D eigenvalue weighted by molar-refractivity contribution is 5.92. The zero-order valence-electron chi connectivity index (χ0n) is 8.14. The van der Waals surface area contributed by atoms with Crippen LogP contribution in [-0.2, 0) is 4.79 Å². The van der Waals surface area contributed by atoms with Gasteiger partial charge in [-0.3, -0.25) is 4.79 Å². The standard InChI is InChI=1S/C10H14N2O/c1-7-4-5-9(12-8(2)13)10(6-7)11-3/h4-6,11H,1-3H3,(H,12,13). The second kappa shape index (κ2) is 3.94. The van der Waals surface area contributed by atoms with Crippen molar-refractivity contribution in [2.24, 2.45) is 0 Å². The Morgan fingerprint density at radius 1 is 1.31 bits per heavy atom.